The fourth-order valence-electron chi connectivity index (χ4n) is 3.21. The molecule has 3 amide bonds. The number of nitrogens with zero attached hydrogens (tertiary/aromatic N) is 1. The Morgan fingerprint density at radius 1 is 1.00 bits per heavy atom. The fourth-order valence-corrected chi connectivity index (χ4v) is 3.21. The summed E-state index contributed by atoms with van der Waals surface area (Å²) in [7, 11) is 0. The van der Waals surface area contributed by atoms with E-state index in [4.69, 9.17) is 16.6 Å². The molecule has 0 bridgehead atoms. The number of rotatable bonds is 17. The third-order valence-electron chi connectivity index (χ3n) is 5.24. The van der Waals surface area contributed by atoms with E-state index in [-0.39, 0.29) is 19.3 Å². The quantitative estimate of drug-likeness (QED) is 0.0960. The van der Waals surface area contributed by atoms with Gasteiger partial charge >= 0.3 is 11.9 Å². The largest absolute Gasteiger partial charge is 0.481 e. The number of aliphatic carboxylic acids is 2. The summed E-state index contributed by atoms with van der Waals surface area (Å²) in [6, 6.07) is -5.24. The van der Waals surface area contributed by atoms with Crippen LogP contribution in [0.25, 0.3) is 0 Å². The highest BCUT2D eigenvalue weighted by molar-refractivity contribution is 5.94. The summed E-state index contributed by atoms with van der Waals surface area (Å²) in [5.41, 5.74) is 11.9. The Kier molecular flexibility index (Phi) is 13.1. The summed E-state index contributed by atoms with van der Waals surface area (Å²) in [6.07, 6.45) is 1.79. The number of aromatic nitrogens is 2. The minimum atomic E-state index is -1.49. The van der Waals surface area contributed by atoms with E-state index in [0.717, 1.165) is 0 Å². The molecule has 11 N–H and O–H groups in total. The number of carboxylic acid groups (broad SMARTS) is 2. The molecule has 15 heteroatoms. The molecular formula is C21H35N7O8. The Hall–Kier alpha value is -3.56. The second-order valence-corrected chi connectivity index (χ2v) is 8.29. The van der Waals surface area contributed by atoms with E-state index in [2.05, 4.69) is 25.9 Å². The summed E-state index contributed by atoms with van der Waals surface area (Å²) < 4.78 is 0. The molecule has 0 fully saturated rings. The van der Waals surface area contributed by atoms with Crippen molar-refractivity contribution in [3.8, 4) is 0 Å². The van der Waals surface area contributed by atoms with Crippen LogP contribution in [0.2, 0.25) is 0 Å². The number of carbonyl (C=O) groups excluding carboxylic acids is 3. The lowest BCUT2D eigenvalue weighted by Crippen LogP contribution is -2.60. The van der Waals surface area contributed by atoms with Crippen molar-refractivity contribution in [1.29, 1.82) is 0 Å². The van der Waals surface area contributed by atoms with Crippen LogP contribution in [0.3, 0.4) is 0 Å². The van der Waals surface area contributed by atoms with Crippen molar-refractivity contribution in [3.63, 3.8) is 0 Å². The summed E-state index contributed by atoms with van der Waals surface area (Å²) in [4.78, 5) is 67.0. The molecule has 0 aliphatic rings. The Labute approximate surface area is 207 Å². The molecule has 0 saturated carbocycles. The van der Waals surface area contributed by atoms with Gasteiger partial charge in [0.1, 0.15) is 18.1 Å². The van der Waals surface area contributed by atoms with Gasteiger partial charge < -0.3 is 47.7 Å². The van der Waals surface area contributed by atoms with Gasteiger partial charge in [-0.25, -0.2) is 9.78 Å². The lowest BCUT2D eigenvalue weighted by molar-refractivity contribution is -0.143. The highest BCUT2D eigenvalue weighted by atomic mass is 16.4. The van der Waals surface area contributed by atoms with Crippen molar-refractivity contribution in [2.24, 2.45) is 11.5 Å². The summed E-state index contributed by atoms with van der Waals surface area (Å²) >= 11 is 0. The first-order chi connectivity index (χ1) is 17.0. The fraction of sp³-hybridized carbons (Fsp3) is 0.619. The van der Waals surface area contributed by atoms with Crippen molar-refractivity contribution in [2.45, 2.75) is 75.7 Å². The predicted molar refractivity (Wildman–Crippen MR) is 125 cm³/mol. The smallest absolute Gasteiger partial charge is 0.326 e. The lowest BCUT2D eigenvalue weighted by Gasteiger charge is -2.26. The third-order valence-corrected chi connectivity index (χ3v) is 5.24. The van der Waals surface area contributed by atoms with E-state index < -0.39 is 66.4 Å². The zero-order valence-electron chi connectivity index (χ0n) is 20.0. The molecule has 1 heterocycles. The van der Waals surface area contributed by atoms with Crippen LogP contribution in [0, 0.1) is 0 Å². The normalized spacial score (nSPS) is 15.1. The number of amides is 3. The second kappa shape index (κ2) is 15.4. The summed E-state index contributed by atoms with van der Waals surface area (Å²) in [6.45, 7) is 1.58. The first-order valence-electron chi connectivity index (χ1n) is 11.4. The maximum Gasteiger partial charge on any atom is 0.326 e. The molecule has 5 unspecified atom stereocenters. The van der Waals surface area contributed by atoms with Gasteiger partial charge in [-0.3, -0.25) is 19.2 Å². The Balaban J connectivity index is 2.91. The van der Waals surface area contributed by atoms with Gasteiger partial charge in [0, 0.05) is 24.7 Å². The van der Waals surface area contributed by atoms with Crippen LogP contribution in [-0.2, 0) is 30.4 Å². The molecule has 0 aliphatic carbocycles. The van der Waals surface area contributed by atoms with Crippen LogP contribution in [0.1, 0.15) is 44.7 Å². The zero-order valence-corrected chi connectivity index (χ0v) is 20.0. The topological polar surface area (TPSA) is 263 Å². The van der Waals surface area contributed by atoms with Gasteiger partial charge in [0.05, 0.1) is 18.5 Å². The molecule has 1 rings (SSSR count). The number of aromatic amines is 1. The van der Waals surface area contributed by atoms with E-state index in [1.165, 1.54) is 19.4 Å². The monoisotopic (exact) mass is 513 g/mol. The molecule has 0 radical (unpaired) electrons. The molecule has 36 heavy (non-hydrogen) atoms. The van der Waals surface area contributed by atoms with Gasteiger partial charge in [-0.05, 0) is 39.2 Å². The van der Waals surface area contributed by atoms with Crippen molar-refractivity contribution in [2.75, 3.05) is 6.54 Å². The van der Waals surface area contributed by atoms with Crippen molar-refractivity contribution in [3.05, 3.63) is 18.2 Å². The molecule has 1 aromatic heterocycles. The Morgan fingerprint density at radius 3 is 2.19 bits per heavy atom. The highest BCUT2D eigenvalue weighted by Crippen LogP contribution is 2.06. The summed E-state index contributed by atoms with van der Waals surface area (Å²) in [5, 5.41) is 35.2. The first kappa shape index (κ1) is 30.5. The molecule has 5 atom stereocenters. The molecule has 1 aromatic rings. The zero-order chi connectivity index (χ0) is 27.3. The van der Waals surface area contributed by atoms with Gasteiger partial charge in [0.2, 0.25) is 17.7 Å². The van der Waals surface area contributed by atoms with Crippen LogP contribution in [0.4, 0.5) is 0 Å². The van der Waals surface area contributed by atoms with Crippen LogP contribution in [0.5, 0.6) is 0 Å². The second-order valence-electron chi connectivity index (χ2n) is 8.29. The minimum absolute atomic E-state index is 0.0832. The standard InChI is InChI=1S/C21H35N7O8/c1-11(29)17(28-18(32)13(23)8-12-9-24-10-25-12)20(34)26-14(4-2-3-7-22)19(33)27-15(21(35)36)5-6-16(30)31/h9-11,13-15,17,29H,2-8,22-23H2,1H3,(H,24,25)(H,26,34)(H,27,33)(H,28,32)(H,30,31)(H,35,36). The van der Waals surface area contributed by atoms with Crippen molar-refractivity contribution < 1.29 is 39.3 Å². The number of hydrogen-bond donors (Lipinski definition) is 9. The van der Waals surface area contributed by atoms with Crippen molar-refractivity contribution >= 4 is 29.7 Å². The molecule has 15 nitrogen and oxygen atoms in total. The number of nitrogens with one attached hydrogen (secondary N) is 4. The number of aliphatic hydroxyl groups is 1. The molecule has 0 saturated heterocycles. The van der Waals surface area contributed by atoms with Crippen LogP contribution in [-0.4, -0.2) is 91.8 Å². The van der Waals surface area contributed by atoms with Gasteiger partial charge in [0.25, 0.3) is 0 Å². The van der Waals surface area contributed by atoms with Crippen LogP contribution in [0.15, 0.2) is 12.5 Å². The van der Waals surface area contributed by atoms with E-state index in [1.807, 2.05) is 0 Å². The number of hydrogen-bond acceptors (Lipinski definition) is 9. The number of carbonyl (C=O) groups is 5. The molecule has 0 aromatic carbocycles. The minimum Gasteiger partial charge on any atom is -0.481 e. The van der Waals surface area contributed by atoms with E-state index in [1.54, 1.807) is 0 Å². The van der Waals surface area contributed by atoms with Gasteiger partial charge in [0.15, 0.2) is 0 Å². The molecule has 0 aliphatic heterocycles. The summed E-state index contributed by atoms with van der Waals surface area (Å²) in [5.74, 6) is -5.14. The average molecular weight is 514 g/mol. The highest BCUT2D eigenvalue weighted by Gasteiger charge is 2.32. The van der Waals surface area contributed by atoms with Gasteiger partial charge in [-0.15, -0.1) is 0 Å². The van der Waals surface area contributed by atoms with Crippen molar-refractivity contribution in [1.82, 2.24) is 25.9 Å². The molecule has 0 spiro atoms. The number of H-pyrrole nitrogens is 1. The van der Waals surface area contributed by atoms with Gasteiger partial charge in [-0.2, -0.15) is 0 Å². The van der Waals surface area contributed by atoms with E-state index in [0.29, 0.717) is 25.1 Å². The molecule has 202 valence electrons. The van der Waals surface area contributed by atoms with Crippen LogP contribution >= 0.6 is 0 Å². The van der Waals surface area contributed by atoms with Crippen LogP contribution < -0.4 is 27.4 Å². The number of imidazole rings is 1. The maximum absolute atomic E-state index is 12.9. The first-order valence-corrected chi connectivity index (χ1v) is 11.4. The lowest BCUT2D eigenvalue weighted by atomic mass is 10.0. The number of carboxylic acids is 2. The predicted octanol–water partition coefficient (Wildman–Crippen LogP) is -2.81. The molecular weight excluding hydrogens is 478 g/mol. The number of nitrogens with two attached hydrogens (primary N) is 2. The van der Waals surface area contributed by atoms with E-state index >= 15 is 0 Å². The Bertz CT molecular complexity index is 878. The number of unbranched alkanes of at least 4 members (excludes halogenated alkanes) is 1. The van der Waals surface area contributed by atoms with Gasteiger partial charge in [-0.1, -0.05) is 0 Å². The SMILES string of the molecule is CC(O)C(NC(=O)C(N)Cc1cnc[nH]1)C(=O)NC(CCCCN)C(=O)NC(CCC(=O)O)C(=O)O. The third kappa shape index (κ3) is 10.8. The average Bonchev–Trinajstić information content (AvgIpc) is 3.31. The Morgan fingerprint density at radius 2 is 1.67 bits per heavy atom. The van der Waals surface area contributed by atoms with E-state index in [9.17, 15) is 34.2 Å². The maximum atomic E-state index is 12.9. The number of aliphatic hydroxyl groups excluding tert-OH is 1.